The third-order valence-electron chi connectivity index (χ3n) is 12.6. The number of hydrogen-bond donors (Lipinski definition) is 3. The molecule has 3 rings (SSSR count). The Kier molecular flexibility index (Phi) is 17.3. The maximum Gasteiger partial charge on any atom is 0.311 e. The van der Waals surface area contributed by atoms with Gasteiger partial charge in [-0.15, -0.1) is 10.1 Å². The van der Waals surface area contributed by atoms with Gasteiger partial charge >= 0.3 is 11.9 Å². The molecule has 0 aliphatic carbocycles. The van der Waals surface area contributed by atoms with E-state index < -0.39 is 119 Å². The first kappa shape index (κ1) is 50.1. The zero-order valence-electron chi connectivity index (χ0n) is 37.3. The summed E-state index contributed by atoms with van der Waals surface area (Å²) in [7, 11) is 6.83. The van der Waals surface area contributed by atoms with Gasteiger partial charge in [0, 0.05) is 45.0 Å². The van der Waals surface area contributed by atoms with E-state index in [2.05, 4.69) is 0 Å². The molecule has 18 atom stereocenters. The molecule has 1 unspecified atom stereocenters. The van der Waals surface area contributed by atoms with Crippen molar-refractivity contribution in [3.05, 3.63) is 10.1 Å². The first-order valence-electron chi connectivity index (χ1n) is 20.6. The molecule has 3 fully saturated rings. The minimum atomic E-state index is -1.85. The maximum absolute atomic E-state index is 14.5. The number of ether oxygens (including phenoxy) is 7. The lowest BCUT2D eigenvalue weighted by molar-refractivity contribution is -0.775. The smallest absolute Gasteiger partial charge is 0.311 e. The van der Waals surface area contributed by atoms with E-state index >= 15 is 0 Å². The van der Waals surface area contributed by atoms with Gasteiger partial charge in [0.15, 0.2) is 18.7 Å². The molecule has 0 radical (unpaired) electrons. The Morgan fingerprint density at radius 1 is 1.02 bits per heavy atom. The predicted octanol–water partition coefficient (Wildman–Crippen LogP) is 2.69. The second-order valence-corrected chi connectivity index (χ2v) is 18.1. The van der Waals surface area contributed by atoms with Crippen LogP contribution in [0.25, 0.3) is 0 Å². The Morgan fingerprint density at radius 3 is 2.17 bits per heavy atom. The zero-order valence-corrected chi connectivity index (χ0v) is 37.3. The van der Waals surface area contributed by atoms with Crippen LogP contribution in [0.1, 0.15) is 102 Å². The standard InChI is InChI=1S/C40H73N3O15/c1-16-29-40(11,48)35(54-27(8)44)25(6)42(14)20-21(2)18-38(9,47)34(57-37-32(58-43(49)50)28(41(12)13)17-22(3)52-37)23(4)31(24(5)36(46)55-29)56-30-19-39(10,51-15)33(45)26(7)53-30/h21-26,28-35,37,45,47-48H,16-20H2,1-15H3/t21-,22-,23+,24-,25-,26+,28?,29-,30+,31+,32-,33+,34-,35-,37+,38-,39-,40-/m1/s1. The summed E-state index contributed by atoms with van der Waals surface area (Å²) in [5.74, 6) is -3.67. The van der Waals surface area contributed by atoms with Gasteiger partial charge in [0.25, 0.3) is 5.09 Å². The van der Waals surface area contributed by atoms with Crippen molar-refractivity contribution in [2.24, 2.45) is 17.8 Å². The van der Waals surface area contributed by atoms with E-state index in [-0.39, 0.29) is 25.2 Å². The molecule has 338 valence electrons. The molecule has 0 spiro atoms. The molecule has 0 bridgehead atoms. The van der Waals surface area contributed by atoms with Gasteiger partial charge in [-0.2, -0.15) is 0 Å². The van der Waals surface area contributed by atoms with Gasteiger partial charge in [0.1, 0.15) is 23.9 Å². The van der Waals surface area contributed by atoms with Crippen LogP contribution >= 0.6 is 0 Å². The molecule has 0 amide bonds. The molecule has 0 aromatic heterocycles. The molecule has 3 aliphatic heterocycles. The third kappa shape index (κ3) is 11.8. The average Bonchev–Trinajstić information content (AvgIpc) is 3.11. The summed E-state index contributed by atoms with van der Waals surface area (Å²) in [6, 6.07) is -1.09. The fourth-order valence-corrected chi connectivity index (χ4v) is 9.31. The number of carbonyl (C=O) groups is 2. The van der Waals surface area contributed by atoms with Crippen molar-refractivity contribution in [2.75, 3.05) is 34.8 Å². The monoisotopic (exact) mass is 836 g/mol. The normalized spacial score (nSPS) is 45.4. The van der Waals surface area contributed by atoms with E-state index in [9.17, 15) is 35.0 Å². The minimum absolute atomic E-state index is 0.0616. The molecule has 0 aromatic rings. The topological polar surface area (TPSA) is 218 Å². The van der Waals surface area contributed by atoms with Gasteiger partial charge < -0.3 is 58.2 Å². The molecule has 3 saturated heterocycles. The summed E-state index contributed by atoms with van der Waals surface area (Å²) in [5.41, 5.74) is -4.66. The van der Waals surface area contributed by atoms with Crippen molar-refractivity contribution in [3.63, 3.8) is 0 Å². The predicted molar refractivity (Wildman–Crippen MR) is 210 cm³/mol. The van der Waals surface area contributed by atoms with Crippen molar-refractivity contribution >= 4 is 11.9 Å². The molecule has 3 aliphatic rings. The maximum atomic E-state index is 14.5. The van der Waals surface area contributed by atoms with Gasteiger partial charge in [-0.05, 0) is 94.8 Å². The summed E-state index contributed by atoms with van der Waals surface area (Å²) in [5, 5.41) is 46.8. The van der Waals surface area contributed by atoms with Crippen molar-refractivity contribution in [2.45, 2.75) is 192 Å². The molecule has 3 heterocycles. The first-order chi connectivity index (χ1) is 26.7. The van der Waals surface area contributed by atoms with Crippen LogP contribution in [0.4, 0.5) is 0 Å². The van der Waals surface area contributed by atoms with Crippen molar-refractivity contribution in [1.82, 2.24) is 9.80 Å². The summed E-state index contributed by atoms with van der Waals surface area (Å²) < 4.78 is 43.5. The van der Waals surface area contributed by atoms with Crippen LogP contribution in [-0.2, 0) is 47.6 Å². The lowest BCUT2D eigenvalue weighted by Gasteiger charge is -2.49. The minimum Gasteiger partial charge on any atom is -0.459 e. The molecule has 18 heteroatoms. The van der Waals surface area contributed by atoms with Gasteiger partial charge in [-0.25, -0.2) is 0 Å². The lowest BCUT2D eigenvalue weighted by atomic mass is 9.77. The van der Waals surface area contributed by atoms with E-state index in [4.69, 9.17) is 38.0 Å². The Balaban J connectivity index is 2.26. The molecule has 3 N–H and O–H groups in total. The Bertz CT molecular complexity index is 1370. The molecule has 18 nitrogen and oxygen atoms in total. The number of aliphatic hydroxyl groups is 3. The first-order valence-corrected chi connectivity index (χ1v) is 20.6. The van der Waals surface area contributed by atoms with Crippen LogP contribution < -0.4 is 0 Å². The SMILES string of the molecule is CC[C@H]1OC(=O)[C@H](C)[C@@H](O[C@H]2C[C@@](C)(OC)[C@@H](O)[C@H](C)O2)[C@H](C)[C@@H](O[C@@H]2O[C@H](C)CC(N(C)C)[C@H]2O[N+](=O)[O-])[C@](C)(O)C[C@@H](C)CN(C)[C@H](C)[C@@H](OC(C)=O)[C@]1(C)O. The molecule has 58 heavy (non-hydrogen) atoms. The number of nitrogens with zero attached hydrogens (tertiary/aromatic N) is 3. The highest BCUT2D eigenvalue weighted by Gasteiger charge is 2.54. The number of aliphatic hydroxyl groups excluding tert-OH is 1. The van der Waals surface area contributed by atoms with E-state index in [0.717, 1.165) is 0 Å². The van der Waals surface area contributed by atoms with Gasteiger partial charge in [-0.3, -0.25) is 14.5 Å². The number of rotatable bonds is 10. The van der Waals surface area contributed by atoms with Crippen LogP contribution in [0.15, 0.2) is 0 Å². The molecule has 0 saturated carbocycles. The Labute approximate surface area is 344 Å². The Morgan fingerprint density at radius 2 is 1.64 bits per heavy atom. The third-order valence-corrected chi connectivity index (χ3v) is 12.6. The highest BCUT2D eigenvalue weighted by Crippen LogP contribution is 2.40. The number of methoxy groups -OCH3 is 1. The molecular formula is C40H73N3O15. The molecule has 0 aromatic carbocycles. The lowest BCUT2D eigenvalue weighted by Crippen LogP contribution is -2.61. The van der Waals surface area contributed by atoms with Gasteiger partial charge in [-0.1, -0.05) is 20.8 Å². The largest absolute Gasteiger partial charge is 0.459 e. The summed E-state index contributed by atoms with van der Waals surface area (Å²) >= 11 is 0. The van der Waals surface area contributed by atoms with Crippen molar-refractivity contribution in [3.8, 4) is 0 Å². The fraction of sp³-hybridized carbons (Fsp3) is 0.950. The number of likely N-dealkylation sites (N-methyl/N-ethyl adjacent to an activating group) is 2. The van der Waals surface area contributed by atoms with Crippen molar-refractivity contribution < 1.29 is 68.0 Å². The van der Waals surface area contributed by atoms with E-state index in [1.807, 2.05) is 25.8 Å². The van der Waals surface area contributed by atoms with Crippen LogP contribution in [-0.4, -0.2) is 167 Å². The molecular weight excluding hydrogens is 762 g/mol. The highest BCUT2D eigenvalue weighted by molar-refractivity contribution is 5.73. The number of carbonyl (C=O) groups excluding carboxylic acids is 2. The number of cyclic esters (lactones) is 1. The number of hydrogen-bond acceptors (Lipinski definition) is 17. The summed E-state index contributed by atoms with van der Waals surface area (Å²) in [6.45, 7) is 18.7. The van der Waals surface area contributed by atoms with Crippen LogP contribution in [0.5, 0.6) is 0 Å². The zero-order chi connectivity index (χ0) is 44.2. The second kappa shape index (κ2) is 20.1. The van der Waals surface area contributed by atoms with Gasteiger partial charge in [0.2, 0.25) is 0 Å². The van der Waals surface area contributed by atoms with E-state index in [0.29, 0.717) is 13.0 Å². The van der Waals surface area contributed by atoms with Crippen LogP contribution in [0.3, 0.4) is 0 Å². The van der Waals surface area contributed by atoms with E-state index in [1.54, 1.807) is 67.5 Å². The quantitative estimate of drug-likeness (QED) is 0.164. The Hall–Kier alpha value is -2.26. The number of esters is 2. The van der Waals surface area contributed by atoms with Crippen LogP contribution in [0, 0.1) is 27.9 Å². The average molecular weight is 836 g/mol. The van der Waals surface area contributed by atoms with E-state index in [1.165, 1.54) is 21.0 Å². The summed E-state index contributed by atoms with van der Waals surface area (Å²) in [6.07, 6.45) is -9.66. The highest BCUT2D eigenvalue weighted by atomic mass is 17.0. The summed E-state index contributed by atoms with van der Waals surface area (Å²) in [4.78, 5) is 47.8. The fourth-order valence-electron chi connectivity index (χ4n) is 9.31. The second-order valence-electron chi connectivity index (χ2n) is 18.1. The van der Waals surface area contributed by atoms with Crippen molar-refractivity contribution in [1.29, 1.82) is 0 Å². The van der Waals surface area contributed by atoms with Crippen LogP contribution in [0.2, 0.25) is 0 Å². The van der Waals surface area contributed by atoms with Gasteiger partial charge in [0.05, 0.1) is 41.5 Å².